The number of nitrogens with zero attached hydrogens (tertiary/aromatic N) is 2. The number of hydrogen-bond acceptors (Lipinski definition) is 4. The maximum Gasteiger partial charge on any atom is 0.160 e. The summed E-state index contributed by atoms with van der Waals surface area (Å²) in [5.41, 5.74) is 20.9. The van der Waals surface area contributed by atoms with Gasteiger partial charge in [-0.25, -0.2) is 0 Å². The lowest BCUT2D eigenvalue weighted by atomic mass is 9.87. The Balaban J connectivity index is 1.07. The highest BCUT2D eigenvalue weighted by molar-refractivity contribution is 7.06. The molecule has 0 radical (unpaired) electrons. The standard InChI is InChI=1S/C68H64N2O2Si2/c1-41-21-13-17-25-51(41)69(45-33-29-43(30-34-45)67(3,4)5)53-39-59-61(63-47-23-15-19-27-55(47)71-65(53)63)49-37-58-50(38-57(49)73(59,9)10)62-60(74(58,11)12)40-54(66-64(62)48-24-16-20-28-56(48)72-66)70(52-26-18-14-22-42(52)2)46-35-31-44(32-36-46)68(6,7)8/h13-40H,1-12H3. The summed E-state index contributed by atoms with van der Waals surface area (Å²) >= 11 is 0. The van der Waals surface area contributed by atoms with Gasteiger partial charge in [-0.1, -0.05) is 177 Å². The number of anilines is 6. The molecule has 2 aliphatic rings. The average molecular weight is 997 g/mol. The largest absolute Gasteiger partial charge is 0.454 e. The van der Waals surface area contributed by atoms with E-state index < -0.39 is 16.1 Å². The zero-order valence-corrected chi connectivity index (χ0v) is 46.9. The average Bonchev–Trinajstić information content (AvgIpc) is 4.12. The summed E-state index contributed by atoms with van der Waals surface area (Å²) < 4.78 is 14.4. The molecule has 0 unspecified atom stereocenters. The number of fused-ring (bicyclic) bond motifs is 14. The number of furan rings is 2. The number of hydrogen-bond donors (Lipinski definition) is 0. The van der Waals surface area contributed by atoms with Crippen LogP contribution in [-0.4, -0.2) is 16.1 Å². The van der Waals surface area contributed by atoms with Crippen molar-refractivity contribution in [2.75, 3.05) is 9.80 Å². The van der Waals surface area contributed by atoms with E-state index in [1.165, 1.54) is 76.0 Å². The Morgan fingerprint density at radius 3 is 1.09 bits per heavy atom. The lowest BCUT2D eigenvalue weighted by Gasteiger charge is -2.30. The minimum atomic E-state index is -2.43. The molecular weight excluding hydrogens is 933 g/mol. The van der Waals surface area contributed by atoms with Gasteiger partial charge in [-0.15, -0.1) is 0 Å². The van der Waals surface area contributed by atoms with Crippen LogP contribution in [0.5, 0.6) is 0 Å². The van der Waals surface area contributed by atoms with Gasteiger partial charge in [0.15, 0.2) is 11.2 Å². The Labute approximate surface area is 437 Å². The van der Waals surface area contributed by atoms with Crippen molar-refractivity contribution in [2.24, 2.45) is 0 Å². The Morgan fingerprint density at radius 1 is 0.378 bits per heavy atom. The van der Waals surface area contributed by atoms with E-state index in [9.17, 15) is 0 Å². The topological polar surface area (TPSA) is 32.8 Å². The molecule has 0 saturated heterocycles. The highest BCUT2D eigenvalue weighted by Gasteiger charge is 2.47. The number of para-hydroxylation sites is 4. The van der Waals surface area contributed by atoms with E-state index >= 15 is 0 Å². The summed E-state index contributed by atoms with van der Waals surface area (Å²) in [6, 6.07) is 63.7. The molecule has 4 heterocycles. The summed E-state index contributed by atoms with van der Waals surface area (Å²) in [7, 11) is -4.86. The van der Waals surface area contributed by atoms with E-state index in [4.69, 9.17) is 8.83 Å². The first-order valence-electron chi connectivity index (χ1n) is 26.4. The fourth-order valence-corrected chi connectivity index (χ4v) is 18.7. The van der Waals surface area contributed by atoms with Crippen LogP contribution in [-0.2, 0) is 10.8 Å². The third-order valence-corrected chi connectivity index (χ3v) is 23.8. The molecule has 0 fully saturated rings. The summed E-state index contributed by atoms with van der Waals surface area (Å²) in [5.74, 6) is 0. The number of aryl methyl sites for hydroxylation is 2. The van der Waals surface area contributed by atoms with Crippen molar-refractivity contribution in [1.82, 2.24) is 0 Å². The van der Waals surface area contributed by atoms with Crippen LogP contribution in [0.3, 0.4) is 0 Å². The second kappa shape index (κ2) is 16.1. The first kappa shape index (κ1) is 46.4. The molecule has 0 N–H and O–H groups in total. The molecule has 0 spiro atoms. The van der Waals surface area contributed by atoms with Crippen molar-refractivity contribution in [2.45, 2.75) is 92.4 Å². The third-order valence-electron chi connectivity index (χ3n) is 16.8. The molecule has 74 heavy (non-hydrogen) atoms. The molecule has 0 aliphatic carbocycles. The van der Waals surface area contributed by atoms with Crippen LogP contribution >= 0.6 is 0 Å². The van der Waals surface area contributed by atoms with Crippen molar-refractivity contribution in [1.29, 1.82) is 0 Å². The van der Waals surface area contributed by atoms with Gasteiger partial charge in [-0.3, -0.25) is 0 Å². The van der Waals surface area contributed by atoms with Crippen LogP contribution in [0.25, 0.3) is 66.1 Å². The highest BCUT2D eigenvalue weighted by Crippen LogP contribution is 2.51. The molecule has 6 heteroatoms. The van der Waals surface area contributed by atoms with E-state index in [2.05, 4.69) is 261 Å². The van der Waals surface area contributed by atoms with Gasteiger partial charge in [0.25, 0.3) is 0 Å². The van der Waals surface area contributed by atoms with Crippen LogP contribution in [0.2, 0.25) is 26.2 Å². The summed E-state index contributed by atoms with van der Waals surface area (Å²) in [6.45, 7) is 28.5. The summed E-state index contributed by atoms with van der Waals surface area (Å²) in [6.07, 6.45) is 0. The molecule has 2 aliphatic heterocycles. The lowest BCUT2D eigenvalue weighted by Crippen LogP contribution is -2.51. The normalized spacial score (nSPS) is 14.4. The zero-order chi connectivity index (χ0) is 51.4. The predicted octanol–water partition coefficient (Wildman–Crippen LogP) is 17.2. The van der Waals surface area contributed by atoms with Gasteiger partial charge in [-0.2, -0.15) is 0 Å². The molecule has 11 aromatic rings. The molecule has 0 bridgehead atoms. The van der Waals surface area contributed by atoms with E-state index in [1.807, 2.05) is 0 Å². The predicted molar refractivity (Wildman–Crippen MR) is 322 cm³/mol. The quantitative estimate of drug-likeness (QED) is 0.155. The summed E-state index contributed by atoms with van der Waals surface area (Å²) in [4.78, 5) is 4.92. The molecule has 13 rings (SSSR count). The molecule has 366 valence electrons. The second-order valence-corrected chi connectivity index (χ2v) is 32.9. The Kier molecular flexibility index (Phi) is 10.1. The molecular formula is C68H64N2O2Si2. The third kappa shape index (κ3) is 6.76. The van der Waals surface area contributed by atoms with Crippen molar-refractivity contribution < 1.29 is 8.83 Å². The summed E-state index contributed by atoms with van der Waals surface area (Å²) in [5, 5.41) is 10.6. The van der Waals surface area contributed by atoms with Gasteiger partial charge in [0.1, 0.15) is 27.3 Å². The van der Waals surface area contributed by atoms with Crippen LogP contribution in [0.4, 0.5) is 34.1 Å². The maximum absolute atomic E-state index is 7.21. The van der Waals surface area contributed by atoms with Crippen LogP contribution < -0.4 is 30.5 Å². The molecule has 0 atom stereocenters. The second-order valence-electron chi connectivity index (χ2n) is 24.3. The van der Waals surface area contributed by atoms with Gasteiger partial charge in [0.2, 0.25) is 0 Å². The monoisotopic (exact) mass is 996 g/mol. The van der Waals surface area contributed by atoms with Gasteiger partial charge in [0.05, 0.1) is 11.4 Å². The maximum atomic E-state index is 7.21. The molecule has 2 aromatic heterocycles. The molecule has 9 aromatic carbocycles. The van der Waals surface area contributed by atoms with E-state index in [1.54, 1.807) is 0 Å². The Morgan fingerprint density at radius 2 is 0.730 bits per heavy atom. The van der Waals surface area contributed by atoms with Crippen molar-refractivity contribution >= 4 is 115 Å². The van der Waals surface area contributed by atoms with E-state index in [0.29, 0.717) is 0 Å². The van der Waals surface area contributed by atoms with Gasteiger partial charge in [-0.05, 0) is 151 Å². The minimum absolute atomic E-state index is 0.0323. The van der Waals surface area contributed by atoms with Gasteiger partial charge >= 0.3 is 0 Å². The van der Waals surface area contributed by atoms with Crippen LogP contribution in [0.15, 0.2) is 179 Å². The Hall–Kier alpha value is -7.39. The van der Waals surface area contributed by atoms with Gasteiger partial charge in [0, 0.05) is 44.3 Å². The van der Waals surface area contributed by atoms with Crippen LogP contribution in [0, 0.1) is 13.8 Å². The fourth-order valence-electron chi connectivity index (χ4n) is 12.6. The highest BCUT2D eigenvalue weighted by atomic mass is 28.3. The molecule has 0 saturated carbocycles. The van der Waals surface area contributed by atoms with Crippen molar-refractivity contribution in [3.63, 3.8) is 0 Å². The lowest BCUT2D eigenvalue weighted by molar-refractivity contribution is 0.590. The SMILES string of the molecule is Cc1ccccc1N(c1ccc(C(C)(C)C)cc1)c1cc2c(c3c1oc1ccccc13)-c1cc3c(cc1[Si]2(C)C)-c1c(cc(N(c2ccc(C(C)(C)C)cc2)c2ccccc2C)c2oc4ccccc4c12)[Si]3(C)C. The minimum Gasteiger partial charge on any atom is -0.454 e. The molecule has 4 nitrogen and oxygen atoms in total. The fraction of sp³-hybridized carbons (Fsp3) is 0.206. The van der Waals surface area contributed by atoms with Crippen molar-refractivity contribution in [3.8, 4) is 22.3 Å². The van der Waals surface area contributed by atoms with E-state index in [0.717, 1.165) is 67.2 Å². The Bertz CT molecular complexity index is 3850. The van der Waals surface area contributed by atoms with E-state index in [-0.39, 0.29) is 10.8 Å². The van der Waals surface area contributed by atoms with Crippen LogP contribution in [0.1, 0.15) is 63.8 Å². The number of rotatable bonds is 6. The molecule has 0 amide bonds. The van der Waals surface area contributed by atoms with Gasteiger partial charge < -0.3 is 18.6 Å². The smallest absolute Gasteiger partial charge is 0.160 e. The number of benzene rings is 9. The first-order chi connectivity index (χ1) is 35.3. The zero-order valence-electron chi connectivity index (χ0n) is 44.9. The van der Waals surface area contributed by atoms with Crippen molar-refractivity contribution in [3.05, 3.63) is 192 Å². The first-order valence-corrected chi connectivity index (χ1v) is 32.4.